The molecule has 1 N–H and O–H groups in total. The number of hydrogen-bond acceptors (Lipinski definition) is 5. The van der Waals surface area contributed by atoms with Gasteiger partial charge in [-0.3, -0.25) is 10.1 Å². The van der Waals surface area contributed by atoms with Gasteiger partial charge in [-0.05, 0) is 12.1 Å². The van der Waals surface area contributed by atoms with Gasteiger partial charge in [0.15, 0.2) is 16.6 Å². The molecule has 0 atom stereocenters. The number of anilines is 1. The van der Waals surface area contributed by atoms with E-state index in [2.05, 4.69) is 10.3 Å². The van der Waals surface area contributed by atoms with Crippen molar-refractivity contribution in [2.24, 2.45) is 0 Å². The van der Waals surface area contributed by atoms with E-state index in [1.165, 1.54) is 17.4 Å². The van der Waals surface area contributed by atoms with Crippen molar-refractivity contribution >= 4 is 28.5 Å². The number of methoxy groups -OCH3 is 2. The largest absolute Gasteiger partial charge is 0.493 e. The fraction of sp³-hybridized carbons (Fsp3) is 0.143. The number of ether oxygens (including phenoxy) is 2. The van der Waals surface area contributed by atoms with Gasteiger partial charge in [0.1, 0.15) is 0 Å². The number of aromatic nitrogens is 1. The lowest BCUT2D eigenvalue weighted by Crippen LogP contribution is -2.07. The molecule has 0 radical (unpaired) electrons. The number of amides is 1. The summed E-state index contributed by atoms with van der Waals surface area (Å²) in [5, 5.41) is 5.03. The van der Waals surface area contributed by atoms with Gasteiger partial charge in [-0.2, -0.15) is 0 Å². The van der Waals surface area contributed by atoms with Crippen molar-refractivity contribution < 1.29 is 14.3 Å². The maximum absolute atomic E-state index is 11.7. The Morgan fingerprint density at radius 2 is 2.20 bits per heavy atom. The monoisotopic (exact) mass is 290 g/mol. The van der Waals surface area contributed by atoms with Crippen LogP contribution in [0.25, 0.3) is 6.08 Å². The predicted molar refractivity (Wildman–Crippen MR) is 79.3 cm³/mol. The Morgan fingerprint density at radius 3 is 2.85 bits per heavy atom. The van der Waals surface area contributed by atoms with Gasteiger partial charge in [0.2, 0.25) is 5.91 Å². The molecule has 0 aliphatic carbocycles. The first kappa shape index (κ1) is 14.1. The van der Waals surface area contributed by atoms with E-state index in [1.54, 1.807) is 37.9 Å². The van der Waals surface area contributed by atoms with E-state index in [-0.39, 0.29) is 5.91 Å². The molecule has 1 heterocycles. The Morgan fingerprint density at radius 1 is 1.35 bits per heavy atom. The van der Waals surface area contributed by atoms with E-state index >= 15 is 0 Å². The van der Waals surface area contributed by atoms with E-state index in [0.29, 0.717) is 16.6 Å². The number of rotatable bonds is 5. The molecule has 0 aliphatic heterocycles. The second-order valence-corrected chi connectivity index (χ2v) is 4.64. The van der Waals surface area contributed by atoms with Crippen LogP contribution in [0.4, 0.5) is 5.13 Å². The Balaban J connectivity index is 2.13. The van der Waals surface area contributed by atoms with E-state index in [0.717, 1.165) is 5.56 Å². The molecule has 0 aliphatic rings. The van der Waals surface area contributed by atoms with Crippen LogP contribution in [0.3, 0.4) is 0 Å². The Hall–Kier alpha value is -2.34. The zero-order chi connectivity index (χ0) is 14.4. The highest BCUT2D eigenvalue weighted by Gasteiger charge is 2.07. The summed E-state index contributed by atoms with van der Waals surface area (Å²) in [7, 11) is 3.13. The second-order valence-electron chi connectivity index (χ2n) is 3.74. The van der Waals surface area contributed by atoms with Crippen molar-refractivity contribution in [1.82, 2.24) is 4.98 Å². The number of nitrogens with zero attached hydrogens (tertiary/aromatic N) is 1. The van der Waals surface area contributed by atoms with Crippen molar-refractivity contribution in [1.29, 1.82) is 0 Å². The quantitative estimate of drug-likeness (QED) is 0.860. The SMILES string of the molecule is COc1cccc(/C=C/C(=O)Nc2nccs2)c1OC. The molecule has 0 fully saturated rings. The minimum absolute atomic E-state index is 0.246. The average molecular weight is 290 g/mol. The Labute approximate surface area is 120 Å². The molecule has 104 valence electrons. The highest BCUT2D eigenvalue weighted by atomic mass is 32.1. The molecule has 1 aromatic heterocycles. The van der Waals surface area contributed by atoms with Gasteiger partial charge in [-0.1, -0.05) is 12.1 Å². The summed E-state index contributed by atoms with van der Waals surface area (Å²) in [6, 6.07) is 5.47. The summed E-state index contributed by atoms with van der Waals surface area (Å²) < 4.78 is 10.5. The van der Waals surface area contributed by atoms with Crippen LogP contribution in [0.5, 0.6) is 11.5 Å². The van der Waals surface area contributed by atoms with Gasteiger partial charge in [0, 0.05) is 23.2 Å². The molecular weight excluding hydrogens is 276 g/mol. The number of benzene rings is 1. The molecule has 0 saturated heterocycles. The maximum atomic E-state index is 11.7. The summed E-state index contributed by atoms with van der Waals surface area (Å²) >= 11 is 1.37. The van der Waals surface area contributed by atoms with Crippen molar-refractivity contribution in [3.05, 3.63) is 41.4 Å². The first-order valence-electron chi connectivity index (χ1n) is 5.84. The van der Waals surface area contributed by atoms with Crippen LogP contribution in [-0.2, 0) is 4.79 Å². The van der Waals surface area contributed by atoms with Gasteiger partial charge < -0.3 is 9.47 Å². The molecule has 20 heavy (non-hydrogen) atoms. The third kappa shape index (κ3) is 3.36. The summed E-state index contributed by atoms with van der Waals surface area (Å²) in [4.78, 5) is 15.7. The molecule has 0 unspecified atom stereocenters. The second kappa shape index (κ2) is 6.72. The number of carbonyl (C=O) groups excluding carboxylic acids is 1. The predicted octanol–water partition coefficient (Wildman–Crippen LogP) is 2.81. The normalized spacial score (nSPS) is 10.5. The van der Waals surface area contributed by atoms with Crippen LogP contribution in [0.15, 0.2) is 35.9 Å². The lowest BCUT2D eigenvalue weighted by molar-refractivity contribution is -0.111. The molecule has 0 saturated carbocycles. The zero-order valence-electron chi connectivity index (χ0n) is 11.1. The number of nitrogens with one attached hydrogen (secondary N) is 1. The third-order valence-electron chi connectivity index (χ3n) is 2.51. The molecule has 0 spiro atoms. The summed E-state index contributed by atoms with van der Waals surface area (Å²) in [5.41, 5.74) is 0.765. The lowest BCUT2D eigenvalue weighted by Gasteiger charge is -2.09. The van der Waals surface area contributed by atoms with Crippen LogP contribution in [0.2, 0.25) is 0 Å². The summed E-state index contributed by atoms with van der Waals surface area (Å²) in [5.74, 6) is 0.966. The molecular formula is C14H14N2O3S. The maximum Gasteiger partial charge on any atom is 0.250 e. The standard InChI is InChI=1S/C14H14N2O3S/c1-18-11-5-3-4-10(13(11)19-2)6-7-12(17)16-14-15-8-9-20-14/h3-9H,1-2H3,(H,15,16,17)/b7-6+. The van der Waals surface area contributed by atoms with E-state index in [1.807, 2.05) is 12.1 Å². The van der Waals surface area contributed by atoms with Crippen molar-refractivity contribution in [3.63, 3.8) is 0 Å². The third-order valence-corrected chi connectivity index (χ3v) is 3.20. The molecule has 1 aromatic carbocycles. The van der Waals surface area contributed by atoms with Crippen LogP contribution >= 0.6 is 11.3 Å². The lowest BCUT2D eigenvalue weighted by atomic mass is 10.1. The van der Waals surface area contributed by atoms with Crippen molar-refractivity contribution in [2.45, 2.75) is 0 Å². The Kier molecular flexibility index (Phi) is 4.73. The molecule has 2 aromatic rings. The zero-order valence-corrected chi connectivity index (χ0v) is 11.9. The fourth-order valence-electron chi connectivity index (χ4n) is 1.64. The minimum Gasteiger partial charge on any atom is -0.493 e. The first-order valence-corrected chi connectivity index (χ1v) is 6.72. The highest BCUT2D eigenvalue weighted by Crippen LogP contribution is 2.31. The summed E-state index contributed by atoms with van der Waals surface area (Å²) in [6.45, 7) is 0. The van der Waals surface area contributed by atoms with E-state index in [4.69, 9.17) is 9.47 Å². The fourth-order valence-corrected chi connectivity index (χ4v) is 2.17. The number of hydrogen-bond donors (Lipinski definition) is 1. The van der Waals surface area contributed by atoms with Crippen LogP contribution in [-0.4, -0.2) is 25.1 Å². The smallest absolute Gasteiger partial charge is 0.250 e. The topological polar surface area (TPSA) is 60.5 Å². The minimum atomic E-state index is -0.246. The molecule has 1 amide bonds. The number of thiazole rings is 1. The highest BCUT2D eigenvalue weighted by molar-refractivity contribution is 7.13. The van der Waals surface area contributed by atoms with Crippen LogP contribution in [0, 0.1) is 0 Å². The Bertz CT molecular complexity index is 609. The van der Waals surface area contributed by atoms with Gasteiger partial charge in [0.25, 0.3) is 0 Å². The van der Waals surface area contributed by atoms with Gasteiger partial charge in [0.05, 0.1) is 14.2 Å². The number of para-hydroxylation sites is 1. The van der Waals surface area contributed by atoms with E-state index < -0.39 is 0 Å². The van der Waals surface area contributed by atoms with Crippen LogP contribution < -0.4 is 14.8 Å². The van der Waals surface area contributed by atoms with E-state index in [9.17, 15) is 4.79 Å². The molecule has 2 rings (SSSR count). The van der Waals surface area contributed by atoms with Gasteiger partial charge >= 0.3 is 0 Å². The first-order chi connectivity index (χ1) is 9.74. The van der Waals surface area contributed by atoms with Crippen LogP contribution in [0.1, 0.15) is 5.56 Å². The van der Waals surface area contributed by atoms with Gasteiger partial charge in [-0.25, -0.2) is 4.98 Å². The number of carbonyl (C=O) groups is 1. The van der Waals surface area contributed by atoms with Crippen molar-refractivity contribution in [2.75, 3.05) is 19.5 Å². The molecule has 0 bridgehead atoms. The molecule has 5 nitrogen and oxygen atoms in total. The molecule has 6 heteroatoms. The average Bonchev–Trinajstić information content (AvgIpc) is 2.97. The van der Waals surface area contributed by atoms with Crippen molar-refractivity contribution in [3.8, 4) is 11.5 Å². The summed E-state index contributed by atoms with van der Waals surface area (Å²) in [6.07, 6.45) is 4.73. The van der Waals surface area contributed by atoms with Gasteiger partial charge in [-0.15, -0.1) is 11.3 Å².